The van der Waals surface area contributed by atoms with Crippen LogP contribution in [0.3, 0.4) is 0 Å². The smallest absolute Gasteiger partial charge is 0.0352 e. The maximum Gasteiger partial charge on any atom is 0.0352 e. The van der Waals surface area contributed by atoms with Crippen molar-refractivity contribution in [2.75, 3.05) is 5.73 Å². The molecule has 1 nitrogen and oxygen atoms in total. The minimum Gasteiger partial charge on any atom is -0.398 e. The van der Waals surface area contributed by atoms with Crippen molar-refractivity contribution in [2.45, 2.75) is 38.5 Å². The maximum atomic E-state index is 6.12. The molecule has 0 aliphatic heterocycles. The maximum absolute atomic E-state index is 6.12. The largest absolute Gasteiger partial charge is 0.398 e. The first kappa shape index (κ1) is 9.26. The van der Waals surface area contributed by atoms with Gasteiger partial charge in [-0.3, -0.25) is 0 Å². The first-order chi connectivity index (χ1) is 7.20. The van der Waals surface area contributed by atoms with E-state index in [0.29, 0.717) is 0 Å². The van der Waals surface area contributed by atoms with Gasteiger partial charge in [0, 0.05) is 5.69 Å². The molecular formula is C14H19N. The number of hydrogen-bond acceptors (Lipinski definition) is 1. The van der Waals surface area contributed by atoms with Crippen LogP contribution >= 0.6 is 0 Å². The van der Waals surface area contributed by atoms with Crippen LogP contribution in [-0.2, 0) is 0 Å². The molecule has 2 aliphatic carbocycles. The molecular weight excluding hydrogens is 182 g/mol. The van der Waals surface area contributed by atoms with Crippen molar-refractivity contribution < 1.29 is 0 Å². The zero-order valence-corrected chi connectivity index (χ0v) is 9.53. The van der Waals surface area contributed by atoms with Crippen LogP contribution in [0.2, 0.25) is 0 Å². The van der Waals surface area contributed by atoms with E-state index in [4.69, 9.17) is 5.73 Å². The van der Waals surface area contributed by atoms with Gasteiger partial charge in [-0.2, -0.15) is 0 Å². The van der Waals surface area contributed by atoms with Gasteiger partial charge < -0.3 is 5.73 Å². The standard InChI is InChI=1S/C14H19N/c1-8(2)13-10-6-7-11(13)14-9(10)4-3-5-12(14)15/h3-5,8,10-11,13H,6-7,15H2,1-2H3. The fourth-order valence-corrected chi connectivity index (χ4v) is 4.01. The summed E-state index contributed by atoms with van der Waals surface area (Å²) < 4.78 is 0. The predicted molar refractivity (Wildman–Crippen MR) is 63.9 cm³/mol. The molecule has 2 bridgehead atoms. The van der Waals surface area contributed by atoms with Crippen LogP contribution in [0, 0.1) is 11.8 Å². The van der Waals surface area contributed by atoms with Crippen LogP contribution in [0.1, 0.15) is 49.7 Å². The summed E-state index contributed by atoms with van der Waals surface area (Å²) in [6, 6.07) is 6.48. The van der Waals surface area contributed by atoms with E-state index in [1.165, 1.54) is 18.4 Å². The molecule has 80 valence electrons. The van der Waals surface area contributed by atoms with Crippen LogP contribution in [0.5, 0.6) is 0 Å². The molecule has 1 fully saturated rings. The average molecular weight is 201 g/mol. The van der Waals surface area contributed by atoms with Gasteiger partial charge in [-0.1, -0.05) is 26.0 Å². The third kappa shape index (κ3) is 1.09. The second kappa shape index (κ2) is 3.01. The van der Waals surface area contributed by atoms with Crippen molar-refractivity contribution in [3.63, 3.8) is 0 Å². The lowest BCUT2D eigenvalue weighted by molar-refractivity contribution is 0.352. The molecule has 0 radical (unpaired) electrons. The van der Waals surface area contributed by atoms with E-state index in [1.54, 1.807) is 5.56 Å². The monoisotopic (exact) mass is 201 g/mol. The number of benzene rings is 1. The minimum atomic E-state index is 0.756. The van der Waals surface area contributed by atoms with Gasteiger partial charge >= 0.3 is 0 Å². The SMILES string of the molecule is CC(C)C1C2CCC1c1c(N)cccc12. The van der Waals surface area contributed by atoms with Crippen LogP contribution in [0.4, 0.5) is 5.69 Å². The van der Waals surface area contributed by atoms with Crippen LogP contribution in [0.15, 0.2) is 18.2 Å². The fraction of sp³-hybridized carbons (Fsp3) is 0.571. The molecule has 1 aromatic rings. The van der Waals surface area contributed by atoms with Gasteiger partial charge in [0.05, 0.1) is 0 Å². The van der Waals surface area contributed by atoms with Crippen molar-refractivity contribution in [2.24, 2.45) is 11.8 Å². The van der Waals surface area contributed by atoms with Crippen molar-refractivity contribution in [1.29, 1.82) is 0 Å². The molecule has 0 amide bonds. The van der Waals surface area contributed by atoms with Crippen molar-refractivity contribution in [1.82, 2.24) is 0 Å². The van der Waals surface area contributed by atoms with Crippen LogP contribution < -0.4 is 5.73 Å². The summed E-state index contributed by atoms with van der Waals surface area (Å²) in [6.07, 6.45) is 2.73. The van der Waals surface area contributed by atoms with E-state index in [1.807, 2.05) is 0 Å². The van der Waals surface area contributed by atoms with Gasteiger partial charge in [-0.25, -0.2) is 0 Å². The van der Waals surface area contributed by atoms with E-state index in [0.717, 1.165) is 29.4 Å². The molecule has 3 atom stereocenters. The second-order valence-electron chi connectivity index (χ2n) is 5.46. The Hall–Kier alpha value is -0.980. The van der Waals surface area contributed by atoms with E-state index in [2.05, 4.69) is 32.0 Å². The van der Waals surface area contributed by atoms with E-state index < -0.39 is 0 Å². The number of nitrogens with two attached hydrogens (primary N) is 1. The van der Waals surface area contributed by atoms with Crippen LogP contribution in [0.25, 0.3) is 0 Å². The van der Waals surface area contributed by atoms with E-state index in [9.17, 15) is 0 Å². The lowest BCUT2D eigenvalue weighted by Gasteiger charge is -2.20. The first-order valence-corrected chi connectivity index (χ1v) is 6.08. The zero-order valence-electron chi connectivity index (χ0n) is 9.53. The molecule has 1 saturated carbocycles. The highest BCUT2D eigenvalue weighted by atomic mass is 14.6. The minimum absolute atomic E-state index is 0.756. The first-order valence-electron chi connectivity index (χ1n) is 6.08. The number of fused-ring (bicyclic) bond motifs is 5. The molecule has 3 rings (SSSR count). The summed E-state index contributed by atoms with van der Waals surface area (Å²) in [5.41, 5.74) is 10.2. The third-order valence-electron chi connectivity index (χ3n) is 4.43. The molecule has 15 heavy (non-hydrogen) atoms. The quantitative estimate of drug-likeness (QED) is 0.691. The molecule has 0 heterocycles. The number of hydrogen-bond donors (Lipinski definition) is 1. The van der Waals surface area contributed by atoms with Gasteiger partial charge in [0.15, 0.2) is 0 Å². The van der Waals surface area contributed by atoms with Gasteiger partial charge in [0.1, 0.15) is 0 Å². The predicted octanol–water partition coefficient (Wildman–Crippen LogP) is 3.52. The average Bonchev–Trinajstić information content (AvgIpc) is 2.73. The number of rotatable bonds is 1. The lowest BCUT2D eigenvalue weighted by Crippen LogP contribution is -2.11. The Labute approximate surface area is 91.7 Å². The summed E-state index contributed by atoms with van der Waals surface area (Å²) >= 11 is 0. The van der Waals surface area contributed by atoms with Gasteiger partial charge in [-0.15, -0.1) is 0 Å². The Kier molecular flexibility index (Phi) is 1.86. The molecule has 2 aliphatic rings. The summed E-state index contributed by atoms with van der Waals surface area (Å²) in [5, 5.41) is 0. The molecule has 1 heteroatoms. The van der Waals surface area contributed by atoms with Gasteiger partial charge in [0.25, 0.3) is 0 Å². The van der Waals surface area contributed by atoms with Crippen LogP contribution in [-0.4, -0.2) is 0 Å². The summed E-state index contributed by atoms with van der Waals surface area (Å²) in [6.45, 7) is 4.72. The van der Waals surface area contributed by atoms with Crippen molar-refractivity contribution in [3.05, 3.63) is 29.3 Å². The van der Waals surface area contributed by atoms with Crippen molar-refractivity contribution in [3.8, 4) is 0 Å². The Balaban J connectivity index is 2.13. The normalized spacial score (nSPS) is 32.3. The van der Waals surface area contributed by atoms with Gasteiger partial charge in [-0.05, 0) is 53.7 Å². The molecule has 0 spiro atoms. The zero-order chi connectivity index (χ0) is 10.6. The molecule has 0 saturated heterocycles. The van der Waals surface area contributed by atoms with Gasteiger partial charge in [0.2, 0.25) is 0 Å². The molecule has 2 N–H and O–H groups in total. The summed E-state index contributed by atoms with van der Waals surface area (Å²) in [7, 11) is 0. The Morgan fingerprint density at radius 3 is 2.60 bits per heavy atom. The molecule has 0 aromatic heterocycles. The topological polar surface area (TPSA) is 26.0 Å². The fourth-order valence-electron chi connectivity index (χ4n) is 4.01. The van der Waals surface area contributed by atoms with E-state index >= 15 is 0 Å². The summed E-state index contributed by atoms with van der Waals surface area (Å²) in [4.78, 5) is 0. The third-order valence-corrected chi connectivity index (χ3v) is 4.43. The molecule has 1 aromatic carbocycles. The van der Waals surface area contributed by atoms with Crippen molar-refractivity contribution >= 4 is 5.69 Å². The highest BCUT2D eigenvalue weighted by Gasteiger charge is 2.47. The highest BCUT2D eigenvalue weighted by molar-refractivity contribution is 5.58. The Morgan fingerprint density at radius 2 is 1.93 bits per heavy atom. The molecule has 3 unspecified atom stereocenters. The number of nitrogen functional groups attached to an aromatic ring is 1. The second-order valence-corrected chi connectivity index (χ2v) is 5.46. The van der Waals surface area contributed by atoms with E-state index in [-0.39, 0.29) is 0 Å². The number of anilines is 1. The summed E-state index contributed by atoms with van der Waals surface area (Å²) in [5.74, 6) is 3.19. The lowest BCUT2D eigenvalue weighted by atomic mass is 9.85. The Morgan fingerprint density at radius 1 is 1.20 bits per heavy atom. The Bertz CT molecular complexity index is 394. The highest BCUT2D eigenvalue weighted by Crippen LogP contribution is 2.60.